The first kappa shape index (κ1) is 18.7. The van der Waals surface area contributed by atoms with E-state index in [-0.39, 0.29) is 18.9 Å². The van der Waals surface area contributed by atoms with Gasteiger partial charge in [-0.15, -0.1) is 0 Å². The minimum atomic E-state index is -1.34. The van der Waals surface area contributed by atoms with Gasteiger partial charge in [0, 0.05) is 12.5 Å². The Balaban J connectivity index is 4.40. The maximum atomic E-state index is 11.6. The van der Waals surface area contributed by atoms with Crippen LogP contribution in [-0.4, -0.2) is 52.2 Å². The molecule has 0 aromatic carbocycles. The average Bonchev–Trinajstić information content (AvgIpc) is 2.32. The number of aliphatic carboxylic acids is 2. The third kappa shape index (κ3) is 8.45. The highest BCUT2D eigenvalue weighted by molar-refractivity contribution is 5.88. The molecule has 0 saturated carbocycles. The molecule has 1 unspecified atom stereocenters. The molecule has 0 fully saturated rings. The summed E-state index contributed by atoms with van der Waals surface area (Å²) < 4.78 is 0. The van der Waals surface area contributed by atoms with Gasteiger partial charge in [0.1, 0.15) is 12.1 Å². The van der Waals surface area contributed by atoms with Crippen molar-refractivity contribution < 1.29 is 29.4 Å². The Bertz CT molecular complexity index is 410. The molecular weight excluding hydrogens is 282 g/mol. The molecule has 21 heavy (non-hydrogen) atoms. The van der Waals surface area contributed by atoms with Crippen LogP contribution in [-0.2, 0) is 14.4 Å². The summed E-state index contributed by atoms with van der Waals surface area (Å²) in [7, 11) is 0. The van der Waals surface area contributed by atoms with E-state index in [4.69, 9.17) is 10.2 Å². The Morgan fingerprint density at radius 1 is 0.952 bits per heavy atom. The van der Waals surface area contributed by atoms with E-state index in [0.717, 1.165) is 0 Å². The molecule has 2 atom stereocenters. The third-order valence-electron chi connectivity index (χ3n) is 2.42. The van der Waals surface area contributed by atoms with Crippen LogP contribution in [0, 0.1) is 0 Å². The van der Waals surface area contributed by atoms with Crippen molar-refractivity contribution in [2.75, 3.05) is 0 Å². The summed E-state index contributed by atoms with van der Waals surface area (Å²) in [4.78, 5) is 44.5. The van der Waals surface area contributed by atoms with Gasteiger partial charge in [0.15, 0.2) is 0 Å². The largest absolute Gasteiger partial charge is 0.481 e. The standard InChI is InChI=1S/C12H21N3O6/c1-6(2)13-10(18)7(3)14-12(21)15-8(11(19)20)4-5-9(16)17/h6-8H,4-5H2,1-3H3,(H,13,18)(H,16,17)(H,19,20)(H2,14,15,21)/t7?,8-/m0/s1. The first-order valence-electron chi connectivity index (χ1n) is 6.45. The SMILES string of the molecule is CC(C)NC(=O)C(C)NC(=O)N[C@@H](CCC(=O)O)C(=O)O. The van der Waals surface area contributed by atoms with E-state index in [9.17, 15) is 19.2 Å². The van der Waals surface area contributed by atoms with Crippen molar-refractivity contribution >= 4 is 23.9 Å². The molecule has 9 nitrogen and oxygen atoms in total. The molecule has 0 aromatic heterocycles. The van der Waals surface area contributed by atoms with Crippen LogP contribution in [0.2, 0.25) is 0 Å². The predicted octanol–water partition coefficient (Wildman–Crippen LogP) is -0.483. The fourth-order valence-electron chi connectivity index (χ4n) is 1.40. The number of urea groups is 1. The highest BCUT2D eigenvalue weighted by Crippen LogP contribution is 1.98. The molecule has 0 aliphatic carbocycles. The summed E-state index contributed by atoms with van der Waals surface area (Å²) in [5.74, 6) is -2.91. The van der Waals surface area contributed by atoms with Gasteiger partial charge < -0.3 is 26.2 Å². The summed E-state index contributed by atoms with van der Waals surface area (Å²) >= 11 is 0. The molecule has 120 valence electrons. The van der Waals surface area contributed by atoms with Gasteiger partial charge in [-0.25, -0.2) is 9.59 Å². The molecule has 3 amide bonds. The zero-order chi connectivity index (χ0) is 16.6. The van der Waals surface area contributed by atoms with Gasteiger partial charge in [-0.2, -0.15) is 0 Å². The first-order valence-corrected chi connectivity index (χ1v) is 6.45. The molecule has 0 saturated heterocycles. The zero-order valence-corrected chi connectivity index (χ0v) is 12.2. The summed E-state index contributed by atoms with van der Waals surface area (Å²) in [5, 5.41) is 24.4. The molecule has 0 spiro atoms. The highest BCUT2D eigenvalue weighted by Gasteiger charge is 2.23. The topological polar surface area (TPSA) is 145 Å². The molecule has 0 heterocycles. The van der Waals surface area contributed by atoms with Crippen LogP contribution < -0.4 is 16.0 Å². The molecule has 5 N–H and O–H groups in total. The van der Waals surface area contributed by atoms with Crippen LogP contribution in [0.3, 0.4) is 0 Å². The van der Waals surface area contributed by atoms with Gasteiger partial charge in [-0.1, -0.05) is 0 Å². The van der Waals surface area contributed by atoms with Crippen molar-refractivity contribution in [3.8, 4) is 0 Å². The van der Waals surface area contributed by atoms with Crippen LogP contribution >= 0.6 is 0 Å². The van der Waals surface area contributed by atoms with Gasteiger partial charge in [-0.3, -0.25) is 9.59 Å². The van der Waals surface area contributed by atoms with E-state index in [1.807, 2.05) is 0 Å². The lowest BCUT2D eigenvalue weighted by Gasteiger charge is -2.18. The number of rotatable bonds is 8. The Kier molecular flexibility index (Phi) is 7.80. The van der Waals surface area contributed by atoms with Crippen LogP contribution in [0.5, 0.6) is 0 Å². The number of amides is 3. The Hall–Kier alpha value is -2.32. The van der Waals surface area contributed by atoms with Crippen molar-refractivity contribution in [3.05, 3.63) is 0 Å². The number of nitrogens with one attached hydrogen (secondary N) is 3. The number of carboxylic acids is 2. The van der Waals surface area contributed by atoms with Gasteiger partial charge in [-0.05, 0) is 27.2 Å². The summed E-state index contributed by atoms with van der Waals surface area (Å²) in [5.41, 5.74) is 0. The van der Waals surface area contributed by atoms with Crippen molar-refractivity contribution in [1.29, 1.82) is 0 Å². The van der Waals surface area contributed by atoms with Crippen molar-refractivity contribution in [2.45, 2.75) is 51.7 Å². The lowest BCUT2D eigenvalue weighted by atomic mass is 10.1. The average molecular weight is 303 g/mol. The van der Waals surface area contributed by atoms with E-state index in [0.29, 0.717) is 0 Å². The summed E-state index contributed by atoms with van der Waals surface area (Å²) in [6.45, 7) is 4.97. The fourth-order valence-corrected chi connectivity index (χ4v) is 1.40. The number of carbonyl (C=O) groups excluding carboxylic acids is 2. The Labute approximate surface area is 122 Å². The van der Waals surface area contributed by atoms with Gasteiger partial charge >= 0.3 is 18.0 Å². The maximum Gasteiger partial charge on any atom is 0.326 e. The molecular formula is C12H21N3O6. The Morgan fingerprint density at radius 3 is 1.95 bits per heavy atom. The minimum absolute atomic E-state index is 0.0906. The van der Waals surface area contributed by atoms with Gasteiger partial charge in [0.25, 0.3) is 0 Å². The van der Waals surface area contributed by atoms with Crippen LogP contribution in [0.4, 0.5) is 4.79 Å². The van der Waals surface area contributed by atoms with Crippen molar-refractivity contribution in [2.24, 2.45) is 0 Å². The predicted molar refractivity (Wildman–Crippen MR) is 72.7 cm³/mol. The number of carbonyl (C=O) groups is 4. The molecule has 0 aliphatic heterocycles. The van der Waals surface area contributed by atoms with Crippen LogP contribution in [0.25, 0.3) is 0 Å². The molecule has 0 radical (unpaired) electrons. The first-order chi connectivity index (χ1) is 9.63. The van der Waals surface area contributed by atoms with Gasteiger partial charge in [0.05, 0.1) is 0 Å². The van der Waals surface area contributed by atoms with Crippen molar-refractivity contribution in [3.63, 3.8) is 0 Å². The van der Waals surface area contributed by atoms with Crippen molar-refractivity contribution in [1.82, 2.24) is 16.0 Å². The maximum absolute atomic E-state index is 11.6. The van der Waals surface area contributed by atoms with E-state index in [1.54, 1.807) is 13.8 Å². The van der Waals surface area contributed by atoms with Crippen LogP contribution in [0.15, 0.2) is 0 Å². The quantitative estimate of drug-likeness (QED) is 0.409. The lowest BCUT2D eigenvalue weighted by Crippen LogP contribution is -2.53. The van der Waals surface area contributed by atoms with E-state index < -0.39 is 36.0 Å². The summed E-state index contributed by atoms with van der Waals surface area (Å²) in [6.07, 6.45) is -0.634. The number of hydrogen-bond acceptors (Lipinski definition) is 4. The molecule has 0 aromatic rings. The normalized spacial score (nSPS) is 13.1. The second-order valence-corrected chi connectivity index (χ2v) is 4.83. The smallest absolute Gasteiger partial charge is 0.326 e. The second-order valence-electron chi connectivity index (χ2n) is 4.83. The fraction of sp³-hybridized carbons (Fsp3) is 0.667. The summed E-state index contributed by atoms with van der Waals surface area (Å²) in [6, 6.07) is -3.12. The Morgan fingerprint density at radius 2 is 1.52 bits per heavy atom. The molecule has 0 bridgehead atoms. The highest BCUT2D eigenvalue weighted by atomic mass is 16.4. The minimum Gasteiger partial charge on any atom is -0.481 e. The second kappa shape index (κ2) is 8.77. The molecule has 0 rings (SSSR count). The zero-order valence-electron chi connectivity index (χ0n) is 12.2. The van der Waals surface area contributed by atoms with E-state index >= 15 is 0 Å². The monoisotopic (exact) mass is 303 g/mol. The van der Waals surface area contributed by atoms with Gasteiger partial charge in [0.2, 0.25) is 5.91 Å². The van der Waals surface area contributed by atoms with E-state index in [2.05, 4.69) is 16.0 Å². The van der Waals surface area contributed by atoms with E-state index in [1.165, 1.54) is 6.92 Å². The third-order valence-corrected chi connectivity index (χ3v) is 2.42. The lowest BCUT2D eigenvalue weighted by molar-refractivity contribution is -0.140. The number of carboxylic acid groups (broad SMARTS) is 2. The number of hydrogen-bond donors (Lipinski definition) is 5. The molecule has 0 aliphatic rings. The van der Waals surface area contributed by atoms with Crippen LogP contribution in [0.1, 0.15) is 33.6 Å². The molecule has 9 heteroatoms.